The van der Waals surface area contributed by atoms with Crippen LogP contribution in [-0.2, 0) is 9.59 Å². The molecule has 78 valence electrons. The average Bonchev–Trinajstić information content (AvgIpc) is 2.20. The fourth-order valence-corrected chi connectivity index (χ4v) is 0.466. The Balaban J connectivity index is 0. The maximum atomic E-state index is 10.6. The molecular weight excluding hydrogens is 170 g/mol. The molecule has 0 heterocycles. The number of carbonyl (C=O) groups excluding carboxylic acids is 2. The maximum absolute atomic E-state index is 10.6. The van der Waals surface area contributed by atoms with Crippen LogP contribution in [0.5, 0.6) is 0 Å². The second-order valence-corrected chi connectivity index (χ2v) is 1.95. The lowest BCUT2D eigenvalue weighted by molar-refractivity contribution is -0.120. The topological polar surface area (TPSA) is 70.2 Å². The summed E-state index contributed by atoms with van der Waals surface area (Å²) in [6, 6.07) is 0. The van der Waals surface area contributed by atoms with Gasteiger partial charge in [0.2, 0.25) is 11.8 Å². The summed E-state index contributed by atoms with van der Waals surface area (Å²) in [6.07, 6.45) is 0. The van der Waals surface area contributed by atoms with Crippen molar-refractivity contribution in [3.05, 3.63) is 0 Å². The monoisotopic (exact) mass is 189 g/mol. The van der Waals surface area contributed by atoms with E-state index in [1.807, 2.05) is 13.8 Å². The zero-order chi connectivity index (χ0) is 10.7. The summed E-state index contributed by atoms with van der Waals surface area (Å²) in [5.41, 5.74) is 0. The molecule has 0 spiro atoms. The number of hydrogen-bond acceptors (Lipinski definition) is 3. The standard InChI is InChI=1S/C6H13N3O2.C2H6/c1-7-5(10)3-9-4-6(11)8-2;1-2/h9H,3-4H2,1-2H3,(H,7,10)(H,8,11);1-2H3. The van der Waals surface area contributed by atoms with Gasteiger partial charge in [-0.05, 0) is 0 Å². The van der Waals surface area contributed by atoms with Crippen LogP contribution in [0.2, 0.25) is 0 Å². The SMILES string of the molecule is CC.CNC(=O)CNCC(=O)NC. The van der Waals surface area contributed by atoms with Crippen molar-refractivity contribution in [1.29, 1.82) is 0 Å². The van der Waals surface area contributed by atoms with E-state index >= 15 is 0 Å². The van der Waals surface area contributed by atoms with Crippen LogP contribution in [-0.4, -0.2) is 39.0 Å². The summed E-state index contributed by atoms with van der Waals surface area (Å²) in [5, 5.41) is 7.51. The molecule has 5 nitrogen and oxygen atoms in total. The molecule has 0 fully saturated rings. The summed E-state index contributed by atoms with van der Waals surface area (Å²) < 4.78 is 0. The van der Waals surface area contributed by atoms with Crippen molar-refractivity contribution in [2.45, 2.75) is 13.8 Å². The second-order valence-electron chi connectivity index (χ2n) is 1.95. The maximum Gasteiger partial charge on any atom is 0.233 e. The Hall–Kier alpha value is -1.10. The number of hydrogen-bond donors (Lipinski definition) is 3. The highest BCUT2D eigenvalue weighted by Crippen LogP contribution is 1.62. The average molecular weight is 189 g/mol. The third kappa shape index (κ3) is 10.9. The summed E-state index contributed by atoms with van der Waals surface area (Å²) in [5.74, 6) is -0.261. The van der Waals surface area contributed by atoms with E-state index in [4.69, 9.17) is 0 Å². The molecule has 0 saturated carbocycles. The molecule has 0 aromatic carbocycles. The van der Waals surface area contributed by atoms with E-state index in [9.17, 15) is 9.59 Å². The molecule has 2 amide bonds. The van der Waals surface area contributed by atoms with Crippen LogP contribution in [0.25, 0.3) is 0 Å². The van der Waals surface area contributed by atoms with Gasteiger partial charge in [0.1, 0.15) is 0 Å². The first kappa shape index (κ1) is 14.4. The number of likely N-dealkylation sites (N-methyl/N-ethyl adjacent to an activating group) is 2. The molecule has 0 bridgehead atoms. The van der Waals surface area contributed by atoms with Crippen molar-refractivity contribution in [1.82, 2.24) is 16.0 Å². The Morgan fingerprint density at radius 2 is 1.23 bits per heavy atom. The van der Waals surface area contributed by atoms with Gasteiger partial charge in [0, 0.05) is 14.1 Å². The summed E-state index contributed by atoms with van der Waals surface area (Å²) in [4.78, 5) is 21.2. The minimum atomic E-state index is -0.131. The molecule has 0 radical (unpaired) electrons. The van der Waals surface area contributed by atoms with Crippen molar-refractivity contribution in [3.63, 3.8) is 0 Å². The van der Waals surface area contributed by atoms with E-state index in [0.29, 0.717) is 0 Å². The van der Waals surface area contributed by atoms with Crippen molar-refractivity contribution < 1.29 is 9.59 Å². The second kappa shape index (κ2) is 10.9. The van der Waals surface area contributed by atoms with Crippen LogP contribution in [0, 0.1) is 0 Å². The Morgan fingerprint density at radius 1 is 0.923 bits per heavy atom. The zero-order valence-electron chi connectivity index (χ0n) is 8.73. The van der Waals surface area contributed by atoms with Crippen molar-refractivity contribution in [3.8, 4) is 0 Å². The fourth-order valence-electron chi connectivity index (χ4n) is 0.466. The quantitative estimate of drug-likeness (QED) is 0.536. The van der Waals surface area contributed by atoms with E-state index in [-0.39, 0.29) is 24.9 Å². The van der Waals surface area contributed by atoms with E-state index in [1.54, 1.807) is 14.1 Å². The zero-order valence-corrected chi connectivity index (χ0v) is 8.73. The summed E-state index contributed by atoms with van der Waals surface area (Å²) in [6.45, 7) is 4.34. The first-order chi connectivity index (χ1) is 6.20. The third-order valence-corrected chi connectivity index (χ3v) is 1.13. The van der Waals surface area contributed by atoms with E-state index in [0.717, 1.165) is 0 Å². The Bertz CT molecular complexity index is 132. The molecule has 0 saturated heterocycles. The minimum absolute atomic E-state index is 0.131. The molecule has 5 heteroatoms. The first-order valence-electron chi connectivity index (χ1n) is 4.32. The smallest absolute Gasteiger partial charge is 0.233 e. The predicted molar refractivity (Wildman–Crippen MR) is 52.4 cm³/mol. The van der Waals surface area contributed by atoms with Crippen LogP contribution in [0.15, 0.2) is 0 Å². The molecule has 0 aromatic rings. The van der Waals surface area contributed by atoms with Gasteiger partial charge in [0.05, 0.1) is 13.1 Å². The normalized spacial score (nSPS) is 8.00. The molecule has 0 aliphatic heterocycles. The van der Waals surface area contributed by atoms with E-state index in [1.165, 1.54) is 0 Å². The molecule has 0 aliphatic carbocycles. The molecule has 0 aliphatic rings. The fraction of sp³-hybridized carbons (Fsp3) is 0.750. The minimum Gasteiger partial charge on any atom is -0.358 e. The highest BCUT2D eigenvalue weighted by Gasteiger charge is 1.98. The predicted octanol–water partition coefficient (Wildman–Crippen LogP) is -0.906. The Labute approximate surface area is 79.3 Å². The van der Waals surface area contributed by atoms with Gasteiger partial charge in [-0.1, -0.05) is 13.8 Å². The van der Waals surface area contributed by atoms with E-state index < -0.39 is 0 Å². The molecule has 0 atom stereocenters. The molecule has 0 rings (SSSR count). The Kier molecular flexibility index (Phi) is 12.1. The summed E-state index contributed by atoms with van der Waals surface area (Å²) >= 11 is 0. The third-order valence-electron chi connectivity index (χ3n) is 1.13. The van der Waals surface area contributed by atoms with Gasteiger partial charge in [-0.15, -0.1) is 0 Å². The number of amides is 2. The van der Waals surface area contributed by atoms with Gasteiger partial charge in [-0.3, -0.25) is 14.9 Å². The number of carbonyl (C=O) groups is 2. The lowest BCUT2D eigenvalue weighted by Gasteiger charge is -2.01. The van der Waals surface area contributed by atoms with Crippen LogP contribution >= 0.6 is 0 Å². The largest absolute Gasteiger partial charge is 0.358 e. The molecule has 0 aromatic heterocycles. The van der Waals surface area contributed by atoms with Gasteiger partial charge >= 0.3 is 0 Å². The Morgan fingerprint density at radius 3 is 1.46 bits per heavy atom. The molecule has 0 unspecified atom stereocenters. The van der Waals surface area contributed by atoms with Crippen molar-refractivity contribution >= 4 is 11.8 Å². The van der Waals surface area contributed by atoms with Gasteiger partial charge in [-0.25, -0.2) is 0 Å². The van der Waals surface area contributed by atoms with Crippen molar-refractivity contribution in [2.24, 2.45) is 0 Å². The number of rotatable bonds is 4. The van der Waals surface area contributed by atoms with Crippen LogP contribution in [0.1, 0.15) is 13.8 Å². The van der Waals surface area contributed by atoms with Crippen molar-refractivity contribution in [2.75, 3.05) is 27.2 Å². The van der Waals surface area contributed by atoms with Gasteiger partial charge in [0.25, 0.3) is 0 Å². The molecule has 3 N–H and O–H groups in total. The lowest BCUT2D eigenvalue weighted by Crippen LogP contribution is -2.37. The van der Waals surface area contributed by atoms with Gasteiger partial charge in [-0.2, -0.15) is 0 Å². The van der Waals surface area contributed by atoms with Gasteiger partial charge < -0.3 is 10.6 Å². The molecule has 13 heavy (non-hydrogen) atoms. The van der Waals surface area contributed by atoms with Crippen LogP contribution < -0.4 is 16.0 Å². The summed E-state index contributed by atoms with van der Waals surface area (Å²) in [7, 11) is 3.09. The van der Waals surface area contributed by atoms with E-state index in [2.05, 4.69) is 16.0 Å². The van der Waals surface area contributed by atoms with Crippen LogP contribution in [0.3, 0.4) is 0 Å². The first-order valence-corrected chi connectivity index (χ1v) is 4.32. The lowest BCUT2D eigenvalue weighted by atomic mass is 10.5. The molecular formula is C8H19N3O2. The van der Waals surface area contributed by atoms with Gasteiger partial charge in [0.15, 0.2) is 0 Å². The number of nitrogens with one attached hydrogen (secondary N) is 3. The van der Waals surface area contributed by atoms with Crippen LogP contribution in [0.4, 0.5) is 0 Å². The highest BCUT2D eigenvalue weighted by atomic mass is 16.2. The highest BCUT2D eigenvalue weighted by molar-refractivity contribution is 5.80.